The molecule has 0 heterocycles. The van der Waals surface area contributed by atoms with Crippen LogP contribution in [0.15, 0.2) is 35.2 Å². The molecule has 21 heavy (non-hydrogen) atoms. The predicted molar refractivity (Wildman–Crippen MR) is 92.1 cm³/mol. The summed E-state index contributed by atoms with van der Waals surface area (Å²) in [6.45, 7) is 7.67. The van der Waals surface area contributed by atoms with Crippen molar-refractivity contribution in [3.63, 3.8) is 0 Å². The molecule has 0 aromatic heterocycles. The van der Waals surface area contributed by atoms with E-state index in [0.717, 1.165) is 30.8 Å². The van der Waals surface area contributed by atoms with Crippen LogP contribution in [0.25, 0.3) is 0 Å². The molecule has 0 aromatic carbocycles. The average Bonchev–Trinajstić information content (AvgIpc) is 2.34. The lowest BCUT2D eigenvalue weighted by Gasteiger charge is -2.09. The van der Waals surface area contributed by atoms with Gasteiger partial charge in [0.15, 0.2) is 0 Å². The normalized spacial score (nSPS) is 13.7. The Balaban J connectivity index is 3.89. The van der Waals surface area contributed by atoms with Gasteiger partial charge in [0.1, 0.15) is 0 Å². The number of nitro groups is 1. The molecular formula is C15H27N3O2S. The van der Waals surface area contributed by atoms with Gasteiger partial charge < -0.3 is 10.2 Å². The average molecular weight is 313 g/mol. The molecule has 0 amide bonds. The second-order valence-electron chi connectivity index (χ2n) is 5.34. The lowest BCUT2D eigenvalue weighted by molar-refractivity contribution is -0.403. The monoisotopic (exact) mass is 313 g/mol. The van der Waals surface area contributed by atoms with Gasteiger partial charge in [-0.15, -0.1) is 0 Å². The van der Waals surface area contributed by atoms with Gasteiger partial charge in [0, 0.05) is 24.6 Å². The highest BCUT2D eigenvalue weighted by molar-refractivity contribution is 7.99. The number of rotatable bonds is 10. The van der Waals surface area contributed by atoms with Gasteiger partial charge in [-0.05, 0) is 34.9 Å². The van der Waals surface area contributed by atoms with Gasteiger partial charge in [0.05, 0.1) is 10.6 Å². The summed E-state index contributed by atoms with van der Waals surface area (Å²) in [4.78, 5) is 12.0. The summed E-state index contributed by atoms with van der Waals surface area (Å²) in [6, 6.07) is 0. The molecule has 6 heteroatoms. The van der Waals surface area contributed by atoms with Crippen molar-refractivity contribution in [3.05, 3.63) is 45.3 Å². The quantitative estimate of drug-likeness (QED) is 0.291. The number of hydrogen-bond donors (Lipinski definition) is 1. The summed E-state index contributed by atoms with van der Waals surface area (Å²) in [5, 5.41) is 13.3. The van der Waals surface area contributed by atoms with E-state index in [1.54, 1.807) is 6.92 Å². The minimum atomic E-state index is -0.440. The van der Waals surface area contributed by atoms with Crippen LogP contribution in [0, 0.1) is 10.1 Å². The fraction of sp³-hybridized carbons (Fsp3) is 0.600. The fourth-order valence-electron chi connectivity index (χ4n) is 1.64. The van der Waals surface area contributed by atoms with Crippen molar-refractivity contribution < 1.29 is 4.92 Å². The fourth-order valence-corrected chi connectivity index (χ4v) is 2.45. The molecule has 0 bridgehead atoms. The molecule has 0 saturated carbocycles. The largest absolute Gasteiger partial charge is 0.383 e. The van der Waals surface area contributed by atoms with Crippen LogP contribution in [0.4, 0.5) is 0 Å². The second kappa shape index (κ2) is 11.4. The van der Waals surface area contributed by atoms with Crippen molar-refractivity contribution in [2.45, 2.75) is 20.8 Å². The third kappa shape index (κ3) is 13.5. The minimum Gasteiger partial charge on any atom is -0.383 e. The van der Waals surface area contributed by atoms with Crippen molar-refractivity contribution in [2.75, 3.05) is 38.7 Å². The van der Waals surface area contributed by atoms with Crippen molar-refractivity contribution in [1.82, 2.24) is 10.2 Å². The molecule has 1 N–H and O–H groups in total. The number of likely N-dealkylation sites (N-methyl/N-ethyl adjacent to an activating group) is 1. The van der Waals surface area contributed by atoms with E-state index in [-0.39, 0.29) is 0 Å². The lowest BCUT2D eigenvalue weighted by atomic mass is 10.2. The molecule has 0 aliphatic carbocycles. The van der Waals surface area contributed by atoms with Crippen molar-refractivity contribution >= 4 is 11.8 Å². The summed E-state index contributed by atoms with van der Waals surface area (Å²) >= 11 is 1.82. The molecule has 0 aliphatic rings. The third-order valence-electron chi connectivity index (χ3n) is 2.50. The lowest BCUT2D eigenvalue weighted by Crippen LogP contribution is -2.15. The standard InChI is InChI=1S/C15H27N3O2S/c1-13(10-17(4)5)6-7-14(2)12-21-9-8-16-15(3)11-18(19)20/h6-7,11,16H,8-10,12H2,1-5H3/b13-6+,14-7-,15-11-. The van der Waals surface area contributed by atoms with E-state index in [9.17, 15) is 10.1 Å². The number of hydrogen-bond acceptors (Lipinski definition) is 5. The van der Waals surface area contributed by atoms with E-state index in [4.69, 9.17) is 0 Å². The molecule has 5 nitrogen and oxygen atoms in total. The molecule has 0 fully saturated rings. The topological polar surface area (TPSA) is 58.4 Å². The molecule has 0 aromatic rings. The molecule has 0 radical (unpaired) electrons. The molecule has 0 aliphatic heterocycles. The number of allylic oxidation sites excluding steroid dienone is 3. The smallest absolute Gasteiger partial charge is 0.252 e. The van der Waals surface area contributed by atoms with Gasteiger partial charge >= 0.3 is 0 Å². The first-order valence-corrected chi connectivity index (χ1v) is 8.08. The Kier molecular flexibility index (Phi) is 10.7. The molecule has 0 spiro atoms. The maximum absolute atomic E-state index is 10.2. The van der Waals surface area contributed by atoms with E-state index < -0.39 is 4.92 Å². The van der Waals surface area contributed by atoms with Gasteiger partial charge in [-0.25, -0.2) is 0 Å². The molecule has 0 unspecified atom stereocenters. The zero-order valence-electron chi connectivity index (χ0n) is 13.7. The highest BCUT2D eigenvalue weighted by atomic mass is 32.2. The summed E-state index contributed by atoms with van der Waals surface area (Å²) in [6.07, 6.45) is 5.32. The van der Waals surface area contributed by atoms with Crippen LogP contribution >= 0.6 is 11.8 Å². The Labute approximate surface area is 132 Å². The number of nitrogens with zero attached hydrogens (tertiary/aromatic N) is 2. The van der Waals surface area contributed by atoms with E-state index in [1.165, 1.54) is 11.1 Å². The number of nitrogens with one attached hydrogen (secondary N) is 1. The van der Waals surface area contributed by atoms with Gasteiger partial charge in [-0.1, -0.05) is 23.3 Å². The Morgan fingerprint density at radius 2 is 1.86 bits per heavy atom. The summed E-state index contributed by atoms with van der Waals surface area (Å²) in [5.74, 6) is 1.90. The molecular weight excluding hydrogens is 286 g/mol. The maximum Gasteiger partial charge on any atom is 0.252 e. The van der Waals surface area contributed by atoms with E-state index in [1.807, 2.05) is 11.8 Å². The Hall–Kier alpha value is -1.27. The van der Waals surface area contributed by atoms with Crippen molar-refractivity contribution in [1.29, 1.82) is 0 Å². The van der Waals surface area contributed by atoms with Gasteiger partial charge in [0.25, 0.3) is 6.20 Å². The second-order valence-corrected chi connectivity index (χ2v) is 6.45. The van der Waals surface area contributed by atoms with Gasteiger partial charge in [-0.2, -0.15) is 11.8 Å². The SMILES string of the molecule is C/C(=C/C=C(\C)CN(C)C)CSCCN/C(C)=C\[N+](=O)[O-]. The van der Waals surface area contributed by atoms with Crippen LogP contribution in [-0.4, -0.2) is 48.5 Å². The maximum atomic E-state index is 10.2. The van der Waals surface area contributed by atoms with Crippen molar-refractivity contribution in [3.8, 4) is 0 Å². The Morgan fingerprint density at radius 1 is 1.24 bits per heavy atom. The van der Waals surface area contributed by atoms with Gasteiger partial charge in [-0.3, -0.25) is 10.1 Å². The first-order chi connectivity index (χ1) is 9.81. The van der Waals surface area contributed by atoms with E-state index in [2.05, 4.69) is 50.3 Å². The van der Waals surface area contributed by atoms with Crippen LogP contribution < -0.4 is 5.32 Å². The first kappa shape index (κ1) is 19.7. The highest BCUT2D eigenvalue weighted by Gasteiger charge is 1.96. The van der Waals surface area contributed by atoms with Crippen LogP contribution in [0.3, 0.4) is 0 Å². The summed E-state index contributed by atoms with van der Waals surface area (Å²) < 4.78 is 0. The van der Waals surface area contributed by atoms with E-state index in [0.29, 0.717) is 5.70 Å². The number of thioether (sulfide) groups is 1. The highest BCUT2D eigenvalue weighted by Crippen LogP contribution is 2.08. The van der Waals surface area contributed by atoms with E-state index >= 15 is 0 Å². The zero-order chi connectivity index (χ0) is 16.3. The van der Waals surface area contributed by atoms with Gasteiger partial charge in [0.2, 0.25) is 0 Å². The predicted octanol–water partition coefficient (Wildman–Crippen LogP) is 2.90. The Bertz CT molecular complexity index is 415. The van der Waals surface area contributed by atoms with Crippen LogP contribution in [0.2, 0.25) is 0 Å². The third-order valence-corrected chi connectivity index (χ3v) is 3.65. The molecule has 0 atom stereocenters. The van der Waals surface area contributed by atoms with Crippen molar-refractivity contribution in [2.24, 2.45) is 0 Å². The summed E-state index contributed by atoms with van der Waals surface area (Å²) in [5.41, 5.74) is 3.26. The zero-order valence-corrected chi connectivity index (χ0v) is 14.5. The van der Waals surface area contributed by atoms with Crippen LogP contribution in [0.5, 0.6) is 0 Å². The van der Waals surface area contributed by atoms with Crippen LogP contribution in [0.1, 0.15) is 20.8 Å². The molecule has 0 saturated heterocycles. The molecule has 120 valence electrons. The molecule has 0 rings (SSSR count). The first-order valence-electron chi connectivity index (χ1n) is 6.92. The summed E-state index contributed by atoms with van der Waals surface area (Å²) in [7, 11) is 4.12. The van der Waals surface area contributed by atoms with Crippen LogP contribution in [-0.2, 0) is 0 Å². The minimum absolute atomic E-state index is 0.440. The Morgan fingerprint density at radius 3 is 2.43 bits per heavy atom.